The number of nitrogens with zero attached hydrogens (tertiary/aromatic N) is 5. The molecule has 0 saturated carbocycles. The highest BCUT2D eigenvalue weighted by Gasteiger charge is 2.25. The number of benzene rings is 1. The summed E-state index contributed by atoms with van der Waals surface area (Å²) in [6, 6.07) is 8.32. The normalized spacial score (nSPS) is 17.2. The molecule has 1 amide bonds. The van der Waals surface area contributed by atoms with E-state index in [9.17, 15) is 9.59 Å². The van der Waals surface area contributed by atoms with Gasteiger partial charge in [-0.15, -0.1) is 11.8 Å². The Labute approximate surface area is 213 Å². The van der Waals surface area contributed by atoms with Crippen LogP contribution >= 0.6 is 23.4 Å². The van der Waals surface area contributed by atoms with E-state index in [1.807, 2.05) is 35.8 Å². The van der Waals surface area contributed by atoms with Crippen LogP contribution in [0.1, 0.15) is 24.1 Å². The fraction of sp³-hybridized carbons (Fsp3) is 0.440. The third-order valence-electron chi connectivity index (χ3n) is 6.83. The number of halogens is 1. The van der Waals surface area contributed by atoms with Crippen molar-refractivity contribution in [1.82, 2.24) is 24.8 Å². The lowest BCUT2D eigenvalue weighted by Crippen LogP contribution is -2.43. The Morgan fingerprint density at radius 3 is 2.77 bits per heavy atom. The summed E-state index contributed by atoms with van der Waals surface area (Å²) >= 11 is 7.98. The number of pyridine rings is 1. The number of rotatable bonds is 6. The van der Waals surface area contributed by atoms with Crippen LogP contribution < -0.4 is 15.8 Å². The van der Waals surface area contributed by atoms with Crippen molar-refractivity contribution >= 4 is 46.1 Å². The van der Waals surface area contributed by atoms with Gasteiger partial charge in [0.15, 0.2) is 0 Å². The van der Waals surface area contributed by atoms with Gasteiger partial charge in [0.1, 0.15) is 5.82 Å². The van der Waals surface area contributed by atoms with Gasteiger partial charge in [-0.2, -0.15) is 0 Å². The lowest BCUT2D eigenvalue weighted by atomic mass is 10.0. The maximum absolute atomic E-state index is 12.5. The molecule has 4 heterocycles. The predicted molar refractivity (Wildman–Crippen MR) is 140 cm³/mol. The summed E-state index contributed by atoms with van der Waals surface area (Å²) in [6.45, 7) is 6.01. The molecule has 0 bridgehead atoms. The van der Waals surface area contributed by atoms with Crippen LogP contribution in [0.3, 0.4) is 0 Å². The van der Waals surface area contributed by atoms with Gasteiger partial charge in [0.05, 0.1) is 38.6 Å². The Balaban J connectivity index is 1.16. The van der Waals surface area contributed by atoms with E-state index in [4.69, 9.17) is 11.6 Å². The molecule has 35 heavy (non-hydrogen) atoms. The summed E-state index contributed by atoms with van der Waals surface area (Å²) in [5, 5.41) is 4.23. The number of aromatic nitrogens is 3. The van der Waals surface area contributed by atoms with Crippen LogP contribution in [0.15, 0.2) is 40.2 Å². The largest absolute Gasteiger partial charge is 0.308 e. The Morgan fingerprint density at radius 2 is 1.97 bits per heavy atom. The molecular formula is C25H29ClN6O2S. The number of anilines is 1. The number of carbonyl (C=O) groups is 1. The topological polar surface area (TPSA) is 83.4 Å². The number of piperidine rings is 1. The number of carbonyl (C=O) groups excluding carboxylic acids is 1. The molecule has 0 unspecified atom stereocenters. The van der Waals surface area contributed by atoms with Crippen LogP contribution in [0.2, 0.25) is 5.02 Å². The first-order valence-corrected chi connectivity index (χ1v) is 13.3. The molecule has 0 atom stereocenters. The first kappa shape index (κ1) is 24.2. The van der Waals surface area contributed by atoms with E-state index in [0.717, 1.165) is 59.7 Å². The number of hydrogen-bond acceptors (Lipinski definition) is 7. The average Bonchev–Trinajstić information content (AvgIpc) is 2.85. The number of amides is 1. The van der Waals surface area contributed by atoms with E-state index in [2.05, 4.69) is 20.2 Å². The molecule has 8 nitrogen and oxygen atoms in total. The zero-order valence-corrected chi connectivity index (χ0v) is 21.5. The molecule has 1 fully saturated rings. The van der Waals surface area contributed by atoms with Gasteiger partial charge >= 0.3 is 0 Å². The Bertz CT molecular complexity index is 1320. The van der Waals surface area contributed by atoms with Gasteiger partial charge in [0.2, 0.25) is 5.91 Å². The monoisotopic (exact) mass is 512 g/mol. The highest BCUT2D eigenvalue weighted by atomic mass is 35.5. The third-order valence-corrected chi connectivity index (χ3v) is 8.16. The average molecular weight is 513 g/mol. The minimum Gasteiger partial charge on any atom is -0.308 e. The minimum absolute atomic E-state index is 0.0557. The quantitative estimate of drug-likeness (QED) is 0.543. The highest BCUT2D eigenvalue weighted by molar-refractivity contribution is 8.00. The number of likely N-dealkylation sites (tertiary alicyclic amines) is 1. The predicted octanol–water partition coefficient (Wildman–Crippen LogP) is 3.08. The van der Waals surface area contributed by atoms with E-state index in [-0.39, 0.29) is 11.5 Å². The fourth-order valence-electron chi connectivity index (χ4n) is 4.67. The molecule has 2 aromatic heterocycles. The van der Waals surface area contributed by atoms with Gasteiger partial charge in [-0.3, -0.25) is 14.5 Å². The highest BCUT2D eigenvalue weighted by Crippen LogP contribution is 2.35. The summed E-state index contributed by atoms with van der Waals surface area (Å²) in [6.07, 6.45) is 3.45. The van der Waals surface area contributed by atoms with E-state index in [1.165, 1.54) is 18.0 Å². The Kier molecular flexibility index (Phi) is 7.11. The van der Waals surface area contributed by atoms with Crippen molar-refractivity contribution in [2.24, 2.45) is 0 Å². The van der Waals surface area contributed by atoms with E-state index >= 15 is 0 Å². The zero-order valence-electron chi connectivity index (χ0n) is 20.0. The van der Waals surface area contributed by atoms with E-state index < -0.39 is 0 Å². The number of aryl methyl sites for hydroxylation is 1. The van der Waals surface area contributed by atoms with E-state index in [0.29, 0.717) is 35.7 Å². The number of hydrogen-bond donors (Lipinski definition) is 1. The molecule has 2 aliphatic heterocycles. The molecule has 1 N–H and O–H groups in total. The smallest absolute Gasteiger partial charge is 0.269 e. The first-order valence-electron chi connectivity index (χ1n) is 11.9. The third kappa shape index (κ3) is 5.23. The summed E-state index contributed by atoms with van der Waals surface area (Å²) in [4.78, 5) is 38.4. The molecule has 1 saturated heterocycles. The molecule has 0 radical (unpaired) electrons. The molecule has 1 aromatic carbocycles. The van der Waals surface area contributed by atoms with Gasteiger partial charge in [-0.25, -0.2) is 9.97 Å². The number of thioether (sulfide) groups is 1. The van der Waals surface area contributed by atoms with Crippen molar-refractivity contribution < 1.29 is 4.79 Å². The second-order valence-electron chi connectivity index (χ2n) is 9.22. The molecule has 184 valence electrons. The minimum atomic E-state index is -0.0557. The van der Waals surface area contributed by atoms with Crippen molar-refractivity contribution in [2.75, 3.05) is 37.3 Å². The molecule has 0 aliphatic carbocycles. The standard InChI is InChI=1S/C25H29ClN6O2S/c1-16-3-4-19-21(11-16)32(23(33)14-28-19)10-9-31-7-5-17(6-8-31)27-13-20-18(26)12-22-25(29-20)30(2)24(34)15-35-22/h3-4,11-12,14,17,27H,5-10,13,15H2,1-2H3. The molecule has 10 heteroatoms. The SMILES string of the molecule is Cc1ccc2ncc(=O)n(CCN3CCC(NCc4nc5c(cc4Cl)SCC(=O)N5C)CC3)c2c1. The molecule has 2 aliphatic rings. The molecule has 0 spiro atoms. The van der Waals surface area contributed by atoms with Crippen LogP contribution in [-0.2, 0) is 17.9 Å². The lowest BCUT2D eigenvalue weighted by molar-refractivity contribution is -0.116. The second kappa shape index (κ2) is 10.3. The number of fused-ring (bicyclic) bond motifs is 2. The van der Waals surface area contributed by atoms with Crippen LogP contribution in [0, 0.1) is 6.92 Å². The Hall–Kier alpha value is -2.46. The first-order chi connectivity index (χ1) is 16.9. The maximum atomic E-state index is 12.5. The van der Waals surface area contributed by atoms with Crippen LogP contribution in [-0.4, -0.2) is 63.8 Å². The number of nitrogens with one attached hydrogen (secondary N) is 1. The summed E-state index contributed by atoms with van der Waals surface area (Å²) < 4.78 is 1.84. The summed E-state index contributed by atoms with van der Waals surface area (Å²) in [5.41, 5.74) is 3.58. The van der Waals surface area contributed by atoms with Crippen molar-refractivity contribution in [1.29, 1.82) is 0 Å². The van der Waals surface area contributed by atoms with Crippen molar-refractivity contribution in [3.05, 3.63) is 57.1 Å². The van der Waals surface area contributed by atoms with Gasteiger partial charge in [0, 0.05) is 32.7 Å². The summed E-state index contributed by atoms with van der Waals surface area (Å²) in [5.74, 6) is 1.17. The lowest BCUT2D eigenvalue weighted by Gasteiger charge is -2.32. The van der Waals surface area contributed by atoms with Crippen molar-refractivity contribution in [3.8, 4) is 0 Å². The van der Waals surface area contributed by atoms with Gasteiger partial charge in [0.25, 0.3) is 5.56 Å². The zero-order chi connectivity index (χ0) is 24.5. The van der Waals surface area contributed by atoms with Crippen molar-refractivity contribution in [2.45, 2.75) is 43.8 Å². The van der Waals surface area contributed by atoms with Crippen LogP contribution in [0.25, 0.3) is 11.0 Å². The van der Waals surface area contributed by atoms with Gasteiger partial charge in [-0.1, -0.05) is 17.7 Å². The molecule has 5 rings (SSSR count). The van der Waals surface area contributed by atoms with Crippen molar-refractivity contribution in [3.63, 3.8) is 0 Å². The van der Waals surface area contributed by atoms with Crippen LogP contribution in [0.5, 0.6) is 0 Å². The molecule has 3 aromatic rings. The molecular weight excluding hydrogens is 484 g/mol. The van der Waals surface area contributed by atoms with E-state index in [1.54, 1.807) is 11.9 Å². The summed E-state index contributed by atoms with van der Waals surface area (Å²) in [7, 11) is 1.76. The second-order valence-corrected chi connectivity index (χ2v) is 10.6. The van der Waals surface area contributed by atoms with Crippen LogP contribution in [0.4, 0.5) is 5.82 Å². The van der Waals surface area contributed by atoms with Gasteiger partial charge < -0.3 is 14.8 Å². The Morgan fingerprint density at radius 1 is 1.17 bits per heavy atom. The maximum Gasteiger partial charge on any atom is 0.269 e. The fourth-order valence-corrected chi connectivity index (χ4v) is 5.94. The van der Waals surface area contributed by atoms with Gasteiger partial charge in [-0.05, 0) is 56.6 Å².